The van der Waals surface area contributed by atoms with Crippen molar-refractivity contribution < 1.29 is 23.1 Å². The number of hydrogen-bond acceptors (Lipinski definition) is 9. The Balaban J connectivity index is 1.44. The zero-order valence-corrected chi connectivity index (χ0v) is 23.1. The van der Waals surface area contributed by atoms with Crippen molar-refractivity contribution in [1.82, 2.24) is 14.9 Å². The quantitative estimate of drug-likeness (QED) is 0.360. The van der Waals surface area contributed by atoms with Gasteiger partial charge in [0.1, 0.15) is 29.5 Å². The van der Waals surface area contributed by atoms with Gasteiger partial charge >= 0.3 is 0 Å². The number of amides is 1. The van der Waals surface area contributed by atoms with Gasteiger partial charge in [0.05, 0.1) is 36.8 Å². The van der Waals surface area contributed by atoms with Crippen LogP contribution in [0.25, 0.3) is 0 Å². The first-order valence-corrected chi connectivity index (χ1v) is 13.5. The summed E-state index contributed by atoms with van der Waals surface area (Å²) in [4.78, 5) is 31.3. The number of benzene rings is 2. The highest BCUT2D eigenvalue weighted by Crippen LogP contribution is 2.40. The number of nitrogens with zero attached hydrogens (tertiary/aromatic N) is 5. The van der Waals surface area contributed by atoms with E-state index in [0.717, 1.165) is 38.4 Å². The van der Waals surface area contributed by atoms with Gasteiger partial charge in [0.2, 0.25) is 5.91 Å². The summed E-state index contributed by atoms with van der Waals surface area (Å²) in [6.07, 6.45) is 2.94. The number of anilines is 5. The molecule has 2 aromatic carbocycles. The molecule has 2 saturated heterocycles. The molecule has 3 heterocycles. The van der Waals surface area contributed by atoms with E-state index in [1.54, 1.807) is 19.2 Å². The van der Waals surface area contributed by atoms with Crippen molar-refractivity contribution in [3.63, 3.8) is 0 Å². The van der Waals surface area contributed by atoms with E-state index in [9.17, 15) is 13.6 Å². The lowest BCUT2D eigenvalue weighted by Crippen LogP contribution is -2.46. The molecule has 216 valence electrons. The Hall–Kier alpha value is -4.29. The molecule has 2 fully saturated rings. The van der Waals surface area contributed by atoms with Crippen molar-refractivity contribution in [3.05, 3.63) is 72.6 Å². The van der Waals surface area contributed by atoms with Gasteiger partial charge in [-0.2, -0.15) is 0 Å². The standard InChI is InChI=1S/C29H33F2N7O3/c1-4-28(39)35-21-15-22(25(40-3)16-24(21)37-12-10-36(5-2)11-13-37)34-26-17-27(33-18-32-26)38-23(9-14-41-38)29-19(30)7-6-8-20(29)31/h4,6-8,15-18,23H,1,5,9-14H2,2-3H3,(H,35,39)(H,32,33,34). The molecule has 1 unspecified atom stereocenters. The van der Waals surface area contributed by atoms with Gasteiger partial charge in [-0.05, 0) is 30.8 Å². The fourth-order valence-corrected chi connectivity index (χ4v) is 5.15. The largest absolute Gasteiger partial charge is 0.494 e. The molecule has 10 nitrogen and oxygen atoms in total. The van der Waals surface area contributed by atoms with Crippen molar-refractivity contribution >= 4 is 34.6 Å². The zero-order valence-electron chi connectivity index (χ0n) is 23.1. The number of aromatic nitrogens is 2. The van der Waals surface area contributed by atoms with Gasteiger partial charge in [-0.1, -0.05) is 19.6 Å². The molecule has 0 saturated carbocycles. The first-order valence-electron chi connectivity index (χ1n) is 13.5. The van der Waals surface area contributed by atoms with E-state index in [1.165, 1.54) is 35.7 Å². The number of ether oxygens (including phenoxy) is 1. The van der Waals surface area contributed by atoms with E-state index >= 15 is 0 Å². The van der Waals surface area contributed by atoms with E-state index < -0.39 is 17.7 Å². The Morgan fingerprint density at radius 1 is 1.15 bits per heavy atom. The second-order valence-electron chi connectivity index (χ2n) is 9.67. The molecular formula is C29H33F2N7O3. The van der Waals surface area contributed by atoms with Crippen molar-refractivity contribution in [1.29, 1.82) is 0 Å². The van der Waals surface area contributed by atoms with Gasteiger partial charge in [0.25, 0.3) is 0 Å². The first kappa shape index (κ1) is 28.2. The van der Waals surface area contributed by atoms with Crippen LogP contribution in [0, 0.1) is 11.6 Å². The molecule has 0 spiro atoms. The van der Waals surface area contributed by atoms with Crippen molar-refractivity contribution in [2.24, 2.45) is 0 Å². The number of hydroxylamine groups is 1. The van der Waals surface area contributed by atoms with Crippen LogP contribution in [0.4, 0.5) is 37.5 Å². The maximum Gasteiger partial charge on any atom is 0.247 e. The smallest absolute Gasteiger partial charge is 0.247 e. The highest BCUT2D eigenvalue weighted by Gasteiger charge is 2.33. The van der Waals surface area contributed by atoms with Crippen LogP contribution < -0.4 is 25.3 Å². The summed E-state index contributed by atoms with van der Waals surface area (Å²) in [5.41, 5.74) is 1.90. The number of halogens is 2. The molecule has 2 N–H and O–H groups in total. The maximum atomic E-state index is 14.6. The van der Waals surface area contributed by atoms with Crippen molar-refractivity contribution in [2.75, 3.05) is 67.0 Å². The average Bonchev–Trinajstić information content (AvgIpc) is 3.47. The maximum absolute atomic E-state index is 14.6. The lowest BCUT2D eigenvalue weighted by atomic mass is 10.0. The van der Waals surface area contributed by atoms with E-state index in [2.05, 4.69) is 43.9 Å². The van der Waals surface area contributed by atoms with Crippen LogP contribution in [0.3, 0.4) is 0 Å². The molecule has 1 amide bonds. The number of carbonyl (C=O) groups excluding carboxylic acids is 1. The Bertz CT molecular complexity index is 1390. The van der Waals surface area contributed by atoms with Crippen LogP contribution in [0.2, 0.25) is 0 Å². The topological polar surface area (TPSA) is 95.1 Å². The molecule has 5 rings (SSSR count). The van der Waals surface area contributed by atoms with E-state index in [1.807, 2.05) is 6.07 Å². The molecule has 0 bridgehead atoms. The highest BCUT2D eigenvalue weighted by molar-refractivity contribution is 6.02. The Kier molecular flexibility index (Phi) is 8.60. The minimum atomic E-state index is -0.693. The normalized spacial score (nSPS) is 17.4. The number of carbonyl (C=O) groups is 1. The zero-order chi connectivity index (χ0) is 28.9. The van der Waals surface area contributed by atoms with Crippen molar-refractivity contribution in [2.45, 2.75) is 19.4 Å². The first-order chi connectivity index (χ1) is 19.9. The molecule has 1 aromatic heterocycles. The molecule has 41 heavy (non-hydrogen) atoms. The number of piperazine rings is 1. The molecule has 0 radical (unpaired) electrons. The van der Waals surface area contributed by atoms with Crippen LogP contribution in [0.1, 0.15) is 24.9 Å². The summed E-state index contributed by atoms with van der Waals surface area (Å²) in [5.74, 6) is -0.366. The van der Waals surface area contributed by atoms with Crippen molar-refractivity contribution in [3.8, 4) is 5.75 Å². The fraction of sp³-hybridized carbons (Fsp3) is 0.345. The summed E-state index contributed by atoms with van der Waals surface area (Å²) in [6.45, 7) is 10.4. The van der Waals surface area contributed by atoms with E-state index in [0.29, 0.717) is 35.2 Å². The summed E-state index contributed by atoms with van der Waals surface area (Å²) < 4.78 is 34.9. The molecular weight excluding hydrogens is 532 g/mol. The monoisotopic (exact) mass is 565 g/mol. The fourth-order valence-electron chi connectivity index (χ4n) is 5.15. The minimum absolute atomic E-state index is 0.0715. The molecule has 1 atom stereocenters. The third-order valence-electron chi connectivity index (χ3n) is 7.30. The number of likely N-dealkylation sites (N-methyl/N-ethyl adjacent to an activating group) is 1. The highest BCUT2D eigenvalue weighted by atomic mass is 19.1. The van der Waals surface area contributed by atoms with Gasteiger partial charge in [-0.15, -0.1) is 0 Å². The lowest BCUT2D eigenvalue weighted by molar-refractivity contribution is -0.111. The second kappa shape index (κ2) is 12.5. The number of rotatable bonds is 9. The molecule has 12 heteroatoms. The van der Waals surface area contributed by atoms with Crippen LogP contribution >= 0.6 is 0 Å². The van der Waals surface area contributed by atoms with Gasteiger partial charge in [0, 0.05) is 50.3 Å². The molecule has 0 aliphatic carbocycles. The Morgan fingerprint density at radius 3 is 2.59 bits per heavy atom. The Morgan fingerprint density at radius 2 is 1.90 bits per heavy atom. The van der Waals surface area contributed by atoms with Crippen LogP contribution in [-0.2, 0) is 9.63 Å². The third-order valence-corrected chi connectivity index (χ3v) is 7.30. The van der Waals surface area contributed by atoms with E-state index in [4.69, 9.17) is 9.57 Å². The summed E-state index contributed by atoms with van der Waals surface area (Å²) in [7, 11) is 1.57. The van der Waals surface area contributed by atoms with Gasteiger partial charge in [-0.3, -0.25) is 9.63 Å². The number of nitrogens with one attached hydrogen (secondary N) is 2. The SMILES string of the molecule is C=CC(=O)Nc1cc(Nc2cc(N3OCCC3c3c(F)cccc3F)ncn2)c(OC)cc1N1CCN(CC)CC1. The molecule has 3 aromatic rings. The minimum Gasteiger partial charge on any atom is -0.494 e. The van der Waals surface area contributed by atoms with Crippen LogP contribution in [0.5, 0.6) is 5.75 Å². The number of hydrogen-bond donors (Lipinski definition) is 2. The number of methoxy groups -OCH3 is 1. The predicted molar refractivity (Wildman–Crippen MR) is 154 cm³/mol. The molecule has 2 aliphatic heterocycles. The van der Waals surface area contributed by atoms with E-state index in [-0.39, 0.29) is 18.1 Å². The summed E-state index contributed by atoms with van der Waals surface area (Å²) >= 11 is 0. The molecule has 2 aliphatic rings. The van der Waals surface area contributed by atoms with Crippen LogP contribution in [0.15, 0.2) is 55.4 Å². The van der Waals surface area contributed by atoms with Gasteiger partial charge < -0.3 is 25.2 Å². The summed E-state index contributed by atoms with van der Waals surface area (Å²) in [5, 5.41) is 7.55. The summed E-state index contributed by atoms with van der Waals surface area (Å²) in [6, 6.07) is 8.38. The lowest BCUT2D eigenvalue weighted by Gasteiger charge is -2.36. The van der Waals surface area contributed by atoms with Gasteiger partial charge in [-0.25, -0.2) is 23.8 Å². The average molecular weight is 566 g/mol. The third kappa shape index (κ3) is 6.08. The predicted octanol–water partition coefficient (Wildman–Crippen LogP) is 4.66. The van der Waals surface area contributed by atoms with Crippen LogP contribution in [-0.4, -0.2) is 67.2 Å². The van der Waals surface area contributed by atoms with Gasteiger partial charge in [0.15, 0.2) is 5.82 Å². The second-order valence-corrected chi connectivity index (χ2v) is 9.67. The Labute approximate surface area is 237 Å².